The Kier molecular flexibility index (Phi) is 9.28. The molecule has 0 saturated heterocycles. The molecule has 3 aromatic heterocycles. The molecule has 11 rings (SSSR count). The lowest BCUT2D eigenvalue weighted by atomic mass is 10.0. The van der Waals surface area contributed by atoms with Crippen LogP contribution < -0.4 is 0 Å². The van der Waals surface area contributed by atoms with Crippen molar-refractivity contribution in [1.29, 1.82) is 0 Å². The van der Waals surface area contributed by atoms with Crippen LogP contribution in [-0.2, 0) is 0 Å². The normalized spacial score (nSPS) is 11.3. The molecule has 0 radical (unpaired) electrons. The standard InChI is InChI=1S/C56H38N6/c1-37-17-16-26-42(33-37)43-29-31-51-46(34-43)45-27-14-15-28-50(45)62(51)52-32-30-44(55-60-53(40-22-10-4-11-23-40)59-54(61-55)41-24-12-5-13-25-41)35-47(52)56-57-48(38-18-6-2-7-19-38)36-49(58-56)39-20-8-3-9-21-39/h2-36H,1H3. The number of aryl methyl sites for hydroxylation is 1. The van der Waals surface area contributed by atoms with Crippen LogP contribution in [0.1, 0.15) is 5.56 Å². The van der Waals surface area contributed by atoms with Crippen LogP contribution in [0.2, 0.25) is 0 Å². The van der Waals surface area contributed by atoms with Gasteiger partial charge in [-0.05, 0) is 60.5 Å². The maximum atomic E-state index is 5.38. The van der Waals surface area contributed by atoms with Gasteiger partial charge in [-0.2, -0.15) is 0 Å². The fraction of sp³-hybridized carbons (Fsp3) is 0.0179. The Balaban J connectivity index is 1.19. The molecule has 6 heteroatoms. The lowest BCUT2D eigenvalue weighted by molar-refractivity contribution is 1.07. The van der Waals surface area contributed by atoms with Crippen molar-refractivity contribution in [3.8, 4) is 84.9 Å². The Hall–Kier alpha value is -8.35. The van der Waals surface area contributed by atoms with E-state index >= 15 is 0 Å². The SMILES string of the molecule is Cc1cccc(-c2ccc3c(c2)c2ccccc2n3-c2ccc(-c3nc(-c4ccccc4)nc(-c4ccccc4)n3)cc2-c2nc(-c3ccccc3)cc(-c3ccccc3)n2)c1. The van der Waals surface area contributed by atoms with Crippen LogP contribution >= 0.6 is 0 Å². The zero-order valence-corrected chi connectivity index (χ0v) is 33.9. The van der Waals surface area contributed by atoms with E-state index in [1.165, 1.54) is 16.7 Å². The highest BCUT2D eigenvalue weighted by Crippen LogP contribution is 2.40. The van der Waals surface area contributed by atoms with Crippen LogP contribution in [0.5, 0.6) is 0 Å². The number of hydrogen-bond donors (Lipinski definition) is 0. The van der Waals surface area contributed by atoms with E-state index in [9.17, 15) is 0 Å². The van der Waals surface area contributed by atoms with Crippen LogP contribution in [0.25, 0.3) is 107 Å². The van der Waals surface area contributed by atoms with E-state index in [4.69, 9.17) is 24.9 Å². The van der Waals surface area contributed by atoms with Gasteiger partial charge in [-0.1, -0.05) is 175 Å². The first-order valence-electron chi connectivity index (χ1n) is 20.8. The highest BCUT2D eigenvalue weighted by Gasteiger charge is 2.22. The summed E-state index contributed by atoms with van der Waals surface area (Å²) in [7, 11) is 0. The number of nitrogens with zero attached hydrogens (tertiary/aromatic N) is 6. The van der Waals surface area contributed by atoms with Crippen molar-refractivity contribution in [2.75, 3.05) is 0 Å². The quantitative estimate of drug-likeness (QED) is 0.153. The van der Waals surface area contributed by atoms with Gasteiger partial charge >= 0.3 is 0 Å². The molecule has 62 heavy (non-hydrogen) atoms. The Bertz CT molecular complexity index is 3280. The van der Waals surface area contributed by atoms with Crippen molar-refractivity contribution in [2.45, 2.75) is 6.92 Å². The summed E-state index contributed by atoms with van der Waals surface area (Å²) in [6.07, 6.45) is 0. The summed E-state index contributed by atoms with van der Waals surface area (Å²) in [5.41, 5.74) is 13.8. The molecule has 0 unspecified atom stereocenters. The first-order chi connectivity index (χ1) is 30.6. The van der Waals surface area contributed by atoms with Gasteiger partial charge in [-0.15, -0.1) is 0 Å². The minimum Gasteiger partial charge on any atom is -0.309 e. The second kappa shape index (κ2) is 15.7. The lowest BCUT2D eigenvalue weighted by Gasteiger charge is -2.17. The van der Waals surface area contributed by atoms with Gasteiger partial charge in [0, 0.05) is 44.2 Å². The molecular formula is C56H38N6. The predicted molar refractivity (Wildman–Crippen MR) is 253 cm³/mol. The second-order valence-electron chi connectivity index (χ2n) is 15.4. The summed E-state index contributed by atoms with van der Waals surface area (Å²) in [4.78, 5) is 26.0. The number of aromatic nitrogens is 6. The van der Waals surface area contributed by atoms with Gasteiger partial charge in [0.05, 0.1) is 28.1 Å². The van der Waals surface area contributed by atoms with E-state index in [1.54, 1.807) is 0 Å². The van der Waals surface area contributed by atoms with Gasteiger partial charge < -0.3 is 4.57 Å². The van der Waals surface area contributed by atoms with Crippen molar-refractivity contribution in [3.05, 3.63) is 218 Å². The molecule has 0 aliphatic heterocycles. The molecule has 3 heterocycles. The lowest BCUT2D eigenvalue weighted by Crippen LogP contribution is -2.04. The highest BCUT2D eigenvalue weighted by atomic mass is 15.0. The largest absolute Gasteiger partial charge is 0.309 e. The molecular weight excluding hydrogens is 757 g/mol. The van der Waals surface area contributed by atoms with Crippen molar-refractivity contribution < 1.29 is 0 Å². The second-order valence-corrected chi connectivity index (χ2v) is 15.4. The third-order valence-corrected chi connectivity index (χ3v) is 11.3. The van der Waals surface area contributed by atoms with Crippen LogP contribution in [0.3, 0.4) is 0 Å². The molecule has 0 aliphatic carbocycles. The average Bonchev–Trinajstić information content (AvgIpc) is 3.68. The molecule has 8 aromatic carbocycles. The van der Waals surface area contributed by atoms with E-state index in [1.807, 2.05) is 97.1 Å². The third kappa shape index (κ3) is 6.89. The zero-order valence-electron chi connectivity index (χ0n) is 33.9. The van der Waals surface area contributed by atoms with E-state index < -0.39 is 0 Å². The number of rotatable bonds is 8. The summed E-state index contributed by atoms with van der Waals surface area (Å²) in [6, 6.07) is 73.4. The predicted octanol–water partition coefficient (Wildman–Crippen LogP) is 13.7. The fourth-order valence-electron chi connectivity index (χ4n) is 8.30. The Labute approximate surface area is 359 Å². The van der Waals surface area contributed by atoms with Crippen LogP contribution in [-0.4, -0.2) is 29.5 Å². The van der Waals surface area contributed by atoms with Crippen LogP contribution in [0, 0.1) is 6.92 Å². The molecule has 0 bridgehead atoms. The molecule has 0 amide bonds. The first kappa shape index (κ1) is 36.7. The number of para-hydroxylation sites is 1. The Morgan fingerprint density at radius 1 is 0.306 bits per heavy atom. The summed E-state index contributed by atoms with van der Waals surface area (Å²) in [5, 5.41) is 2.32. The summed E-state index contributed by atoms with van der Waals surface area (Å²) >= 11 is 0. The van der Waals surface area contributed by atoms with Gasteiger partial charge in [-0.25, -0.2) is 24.9 Å². The molecule has 0 aliphatic rings. The van der Waals surface area contributed by atoms with Gasteiger partial charge in [-0.3, -0.25) is 0 Å². The third-order valence-electron chi connectivity index (χ3n) is 11.3. The van der Waals surface area contributed by atoms with Crippen LogP contribution in [0.15, 0.2) is 212 Å². The molecule has 0 spiro atoms. The van der Waals surface area contributed by atoms with Gasteiger partial charge in [0.1, 0.15) is 0 Å². The van der Waals surface area contributed by atoms with Gasteiger partial charge in [0.15, 0.2) is 23.3 Å². The molecule has 0 atom stereocenters. The number of hydrogen-bond acceptors (Lipinski definition) is 5. The maximum absolute atomic E-state index is 5.38. The average molecular weight is 795 g/mol. The van der Waals surface area contributed by atoms with Crippen molar-refractivity contribution in [1.82, 2.24) is 29.5 Å². The fourth-order valence-corrected chi connectivity index (χ4v) is 8.30. The minimum absolute atomic E-state index is 0.554. The highest BCUT2D eigenvalue weighted by molar-refractivity contribution is 6.11. The summed E-state index contributed by atoms with van der Waals surface area (Å²) in [6.45, 7) is 2.14. The van der Waals surface area contributed by atoms with E-state index in [0.717, 1.165) is 72.3 Å². The zero-order chi connectivity index (χ0) is 41.4. The van der Waals surface area contributed by atoms with Crippen molar-refractivity contribution >= 4 is 21.8 Å². The van der Waals surface area contributed by atoms with Crippen molar-refractivity contribution in [3.63, 3.8) is 0 Å². The van der Waals surface area contributed by atoms with E-state index in [-0.39, 0.29) is 0 Å². The Morgan fingerprint density at radius 3 is 1.39 bits per heavy atom. The van der Waals surface area contributed by atoms with Gasteiger partial charge in [0.2, 0.25) is 0 Å². The summed E-state index contributed by atoms with van der Waals surface area (Å²) < 4.78 is 2.35. The first-order valence-corrected chi connectivity index (χ1v) is 20.8. The van der Waals surface area contributed by atoms with Crippen LogP contribution in [0.4, 0.5) is 0 Å². The monoisotopic (exact) mass is 794 g/mol. The van der Waals surface area contributed by atoms with Crippen molar-refractivity contribution in [2.24, 2.45) is 0 Å². The number of fused-ring (bicyclic) bond motifs is 3. The summed E-state index contributed by atoms with van der Waals surface area (Å²) in [5.74, 6) is 2.34. The van der Waals surface area contributed by atoms with Gasteiger partial charge in [0.25, 0.3) is 0 Å². The smallest absolute Gasteiger partial charge is 0.164 e. The molecule has 6 nitrogen and oxygen atoms in total. The number of benzene rings is 8. The Morgan fingerprint density at radius 2 is 0.790 bits per heavy atom. The molecule has 0 saturated carbocycles. The molecule has 11 aromatic rings. The molecule has 292 valence electrons. The maximum Gasteiger partial charge on any atom is 0.164 e. The van der Waals surface area contributed by atoms with E-state index in [2.05, 4.69) is 127 Å². The molecule has 0 fully saturated rings. The topological polar surface area (TPSA) is 69.4 Å². The minimum atomic E-state index is 0.554. The van der Waals surface area contributed by atoms with E-state index in [0.29, 0.717) is 23.3 Å². The molecule has 0 N–H and O–H groups in total.